The zero-order valence-corrected chi connectivity index (χ0v) is 42.8. The van der Waals surface area contributed by atoms with E-state index >= 15 is 0 Å². The molecule has 5 saturated heterocycles. The van der Waals surface area contributed by atoms with Crippen LogP contribution in [-0.4, -0.2) is 262 Å². The number of hydrogen-bond acceptors (Lipinski definition) is 25. The van der Waals surface area contributed by atoms with Crippen molar-refractivity contribution in [1.29, 1.82) is 0 Å². The van der Waals surface area contributed by atoms with Gasteiger partial charge in [-0.15, -0.1) is 0 Å². The maximum Gasteiger partial charge on any atom is 0.187 e. The van der Waals surface area contributed by atoms with Crippen LogP contribution in [0.2, 0.25) is 0 Å². The van der Waals surface area contributed by atoms with Gasteiger partial charge in [-0.3, -0.25) is 0 Å². The largest absolute Gasteiger partial charge is 0.394 e. The Labute approximate surface area is 434 Å². The van der Waals surface area contributed by atoms with Gasteiger partial charge in [0.1, 0.15) is 91.6 Å². The monoisotopic (exact) mass is 1080 g/mol. The number of fused-ring (bicyclic) bond motifs is 7. The zero-order chi connectivity index (χ0) is 54.4. The summed E-state index contributed by atoms with van der Waals surface area (Å²) in [6, 6.07) is 0. The topological polar surface area (TPSA) is 407 Å². The molecule has 0 spiro atoms. The van der Waals surface area contributed by atoms with Gasteiger partial charge in [0.2, 0.25) is 0 Å². The fourth-order valence-electron chi connectivity index (χ4n) is 15.5. The van der Waals surface area contributed by atoms with Crippen LogP contribution in [0.1, 0.15) is 79.1 Å². The van der Waals surface area contributed by atoms with Crippen LogP contribution in [0.25, 0.3) is 0 Å². The fraction of sp³-hybridized carbons (Fsp3) is 1.00. The third kappa shape index (κ3) is 10.5. The maximum absolute atomic E-state index is 12.1. The Morgan fingerprint density at radius 3 is 1.88 bits per heavy atom. The van der Waals surface area contributed by atoms with Crippen LogP contribution in [0, 0.1) is 52.3 Å². The summed E-state index contributed by atoms with van der Waals surface area (Å²) < 4.78 is 52.5. The van der Waals surface area contributed by atoms with Gasteiger partial charge in [0.25, 0.3) is 0 Å². The van der Waals surface area contributed by atoms with Gasteiger partial charge in [-0.25, -0.2) is 0 Å². The molecule has 75 heavy (non-hydrogen) atoms. The molecule has 0 aromatic rings. The first-order valence-corrected chi connectivity index (χ1v) is 27.0. The maximum atomic E-state index is 12.1. The minimum atomic E-state index is -1.92. The van der Waals surface area contributed by atoms with Crippen molar-refractivity contribution in [2.24, 2.45) is 52.3 Å². The number of aliphatic hydroxyl groups excluding tert-OH is 15. The van der Waals surface area contributed by atoms with E-state index in [0.717, 1.165) is 12.8 Å². The van der Waals surface area contributed by atoms with Gasteiger partial charge in [0.15, 0.2) is 30.9 Å². The lowest BCUT2D eigenvalue weighted by atomic mass is 9.43. The molecule has 0 bridgehead atoms. The molecule has 16 N–H and O–H groups in total. The van der Waals surface area contributed by atoms with Crippen LogP contribution in [-0.2, 0) is 42.6 Å². The molecule has 9 rings (SSSR count). The van der Waals surface area contributed by atoms with Crippen LogP contribution < -0.4 is 0 Å². The van der Waals surface area contributed by atoms with Crippen molar-refractivity contribution in [2.75, 3.05) is 33.0 Å². The van der Waals surface area contributed by atoms with Crippen LogP contribution in [0.3, 0.4) is 0 Å². The fourth-order valence-corrected chi connectivity index (χ4v) is 15.5. The first-order chi connectivity index (χ1) is 35.4. The highest BCUT2D eigenvalue weighted by molar-refractivity contribution is 5.16. The van der Waals surface area contributed by atoms with Crippen molar-refractivity contribution in [3.63, 3.8) is 0 Å². The Balaban J connectivity index is 0.797. The Hall–Kier alpha value is -1.00. The predicted molar refractivity (Wildman–Crippen MR) is 248 cm³/mol. The molecule has 1 unspecified atom stereocenters. The second-order valence-corrected chi connectivity index (χ2v) is 24.1. The van der Waals surface area contributed by atoms with Crippen LogP contribution in [0.4, 0.5) is 0 Å². The summed E-state index contributed by atoms with van der Waals surface area (Å²) in [6.45, 7) is 5.82. The normalized spacial score (nSPS) is 56.4. The minimum Gasteiger partial charge on any atom is -0.394 e. The third-order valence-corrected chi connectivity index (χ3v) is 19.7. The van der Waals surface area contributed by atoms with Gasteiger partial charge in [-0.05, 0) is 91.3 Å². The number of rotatable bonds is 15. The van der Waals surface area contributed by atoms with Crippen molar-refractivity contribution < 1.29 is 124 Å². The molecule has 4 saturated carbocycles. The summed E-state index contributed by atoms with van der Waals surface area (Å²) in [6.07, 6.45) is -29.4. The van der Waals surface area contributed by atoms with Crippen LogP contribution in [0.15, 0.2) is 0 Å². The molecule has 5 heterocycles. The first-order valence-electron chi connectivity index (χ1n) is 27.0. The van der Waals surface area contributed by atoms with Gasteiger partial charge in [0.05, 0.1) is 57.5 Å². The van der Waals surface area contributed by atoms with Gasteiger partial charge < -0.3 is 124 Å². The molecule has 25 heteroatoms. The second-order valence-electron chi connectivity index (χ2n) is 24.1. The van der Waals surface area contributed by atoms with Gasteiger partial charge in [-0.1, -0.05) is 27.7 Å². The average Bonchev–Trinajstić information content (AvgIpc) is 3.82. The summed E-state index contributed by atoms with van der Waals surface area (Å²) in [5.74, 6) is -1.65. The highest BCUT2D eigenvalue weighted by Gasteiger charge is 2.70. The van der Waals surface area contributed by atoms with E-state index in [4.69, 9.17) is 42.6 Å². The molecule has 0 aromatic carbocycles. The van der Waals surface area contributed by atoms with Crippen molar-refractivity contribution in [3.8, 4) is 0 Å². The molecule has 5 aliphatic heterocycles. The summed E-state index contributed by atoms with van der Waals surface area (Å²) in [4.78, 5) is 0. The molecule has 0 radical (unpaired) electrons. The van der Waals surface area contributed by atoms with E-state index in [2.05, 4.69) is 13.8 Å². The molecule has 0 aromatic heterocycles. The molecule has 33 atom stereocenters. The van der Waals surface area contributed by atoms with Gasteiger partial charge in [-0.2, -0.15) is 0 Å². The van der Waals surface area contributed by atoms with E-state index in [0.29, 0.717) is 25.7 Å². The van der Waals surface area contributed by atoms with E-state index in [1.165, 1.54) is 0 Å². The van der Waals surface area contributed by atoms with E-state index in [1.54, 1.807) is 0 Å². The lowest BCUT2D eigenvalue weighted by Gasteiger charge is -2.63. The predicted octanol–water partition coefficient (Wildman–Crippen LogP) is -5.37. The molecule has 0 amide bonds. The third-order valence-electron chi connectivity index (χ3n) is 19.7. The van der Waals surface area contributed by atoms with Crippen molar-refractivity contribution in [1.82, 2.24) is 0 Å². The van der Waals surface area contributed by atoms with Crippen molar-refractivity contribution in [3.05, 3.63) is 0 Å². The Morgan fingerprint density at radius 1 is 0.573 bits per heavy atom. The average molecular weight is 1090 g/mol. The highest BCUT2D eigenvalue weighted by atomic mass is 16.8. The molecule has 25 nitrogen and oxygen atoms in total. The molecule has 434 valence electrons. The minimum absolute atomic E-state index is 0.0388. The standard InChI is InChI=1S/C50H84O25/c1-18(16-67-44-39(63)36(60)34(58)29(13-51)70-44)5-8-50(66)19(2)32-28(75-50)10-22-20-9-24(54)23-11-27(25(55)12-49(23,4)21(20)6-7-48(22,32)3)69-46-40(64)37(61)42(31(15-53)72-46)73-47-41(65)43(35(59)30(14-52)71-47)74-45-38(62)33(57)26(56)17-68-45/h18-47,51-66H,5-17H2,1-4H3/t18-,19+,20-,21+,22+,23?,24-,25-,26-,27-,28+,29-,30-,31-,32+,33+,34-,35-,36+,37-,38-,39-,40-,41-,42+,43+,44-,45+,46-,47+,48+,49-,50-/m1/s1. The van der Waals surface area contributed by atoms with Gasteiger partial charge >= 0.3 is 0 Å². The lowest BCUT2D eigenvalue weighted by Crippen LogP contribution is -2.66. The summed E-state index contributed by atoms with van der Waals surface area (Å²) in [7, 11) is 0. The number of aliphatic hydroxyl groups is 16. The Morgan fingerprint density at radius 2 is 1.19 bits per heavy atom. The molecule has 9 aliphatic rings. The van der Waals surface area contributed by atoms with E-state index in [1.807, 2.05) is 13.8 Å². The summed E-state index contributed by atoms with van der Waals surface area (Å²) >= 11 is 0. The van der Waals surface area contributed by atoms with Crippen LogP contribution >= 0.6 is 0 Å². The van der Waals surface area contributed by atoms with E-state index < -0.39 is 173 Å². The number of ether oxygens (including phenoxy) is 9. The number of hydrogen-bond donors (Lipinski definition) is 16. The summed E-state index contributed by atoms with van der Waals surface area (Å²) in [5, 5.41) is 172. The quantitative estimate of drug-likeness (QED) is 0.0681. The molecular weight excluding hydrogens is 1000 g/mol. The van der Waals surface area contributed by atoms with Crippen molar-refractivity contribution >= 4 is 0 Å². The zero-order valence-electron chi connectivity index (χ0n) is 42.8. The summed E-state index contributed by atoms with van der Waals surface area (Å²) in [5.41, 5.74) is -0.734. The lowest BCUT2D eigenvalue weighted by molar-refractivity contribution is -0.380. The molecule has 9 fully saturated rings. The van der Waals surface area contributed by atoms with E-state index in [-0.39, 0.29) is 72.4 Å². The molecule has 4 aliphatic carbocycles. The highest BCUT2D eigenvalue weighted by Crippen LogP contribution is 2.71. The first kappa shape index (κ1) is 58.6. The van der Waals surface area contributed by atoms with Crippen molar-refractivity contribution in [2.45, 2.75) is 226 Å². The Kier molecular flexibility index (Phi) is 17.8. The SMILES string of the molecule is C[C@H](CC[C@@]1(O)O[C@H]2C[C@H]3[C@@H]4C[C@@H](O)C5C[C@@H](O[C@@H]6O[C@H](CO)[C@H](O[C@@H]7O[C@H](CO)[C@@H](O)[C@H](O[C@@H]8OC[C@@H](O)[C@H](O)[C@H]8O)[C@H]7O)[C@H](O)[C@H]6O)[C@H](O)C[C@]5(C)[C@H]4CC[C@]3(C)[C@H]2[C@@H]1C)CO[C@@H]1O[C@H](CO)[C@@H](O)[C@H](O)[C@H]1O. The molecular formula is C50H84O25. The van der Waals surface area contributed by atoms with Gasteiger partial charge in [0, 0.05) is 12.3 Å². The van der Waals surface area contributed by atoms with E-state index in [9.17, 15) is 81.7 Å². The Bertz CT molecular complexity index is 1890. The second kappa shape index (κ2) is 22.7. The van der Waals surface area contributed by atoms with Crippen LogP contribution in [0.5, 0.6) is 0 Å². The smallest absolute Gasteiger partial charge is 0.187 e.